The normalized spacial score (nSPS) is 20.4. The van der Waals surface area contributed by atoms with Gasteiger partial charge in [-0.3, -0.25) is 9.78 Å². The molecule has 0 aliphatic heterocycles. The summed E-state index contributed by atoms with van der Waals surface area (Å²) in [7, 11) is 0. The molecule has 98 valence electrons. The molecule has 0 atom stereocenters. The number of carbonyl (C=O) groups excluding carboxylic acids is 1. The fourth-order valence-electron chi connectivity index (χ4n) is 3.25. The topological polar surface area (TPSA) is 30.0 Å². The quantitative estimate of drug-likeness (QED) is 0.754. The first-order valence-corrected chi connectivity index (χ1v) is 6.75. The van der Waals surface area contributed by atoms with Crippen LogP contribution in [0.1, 0.15) is 38.1 Å². The predicted octanol–water partition coefficient (Wildman–Crippen LogP) is 4.10. The number of carbonyl (C=O) groups is 1. The molecule has 1 aromatic heterocycles. The van der Waals surface area contributed by atoms with E-state index >= 15 is 0 Å². The molecule has 1 heterocycles. The van der Waals surface area contributed by atoms with Gasteiger partial charge in [-0.05, 0) is 35.1 Å². The molecule has 0 radical (unpaired) electrons. The first kappa shape index (κ1) is 12.3. The van der Waals surface area contributed by atoms with Crippen molar-refractivity contribution in [2.75, 3.05) is 0 Å². The number of hydrogen-bond acceptors (Lipinski definition) is 2. The molecular weight excluding hydrogens is 234 g/mol. The molecule has 0 spiro atoms. The number of nitrogens with zero attached hydrogens (tertiary/aromatic N) is 1. The lowest BCUT2D eigenvalue weighted by atomic mass is 10.00. The maximum Gasteiger partial charge on any atom is 0.167 e. The summed E-state index contributed by atoms with van der Waals surface area (Å²) < 4.78 is 0. The van der Waals surface area contributed by atoms with Crippen molar-refractivity contribution in [3.05, 3.63) is 42.1 Å². The van der Waals surface area contributed by atoms with Gasteiger partial charge in [-0.25, -0.2) is 0 Å². The summed E-state index contributed by atoms with van der Waals surface area (Å²) in [6.45, 7) is 8.71. The van der Waals surface area contributed by atoms with Crippen molar-refractivity contribution in [1.82, 2.24) is 4.98 Å². The van der Waals surface area contributed by atoms with Crippen molar-refractivity contribution in [3.63, 3.8) is 0 Å². The number of fused-ring (bicyclic) bond motifs is 1. The number of aromatic nitrogens is 1. The Bertz CT molecular complexity index is 656. The van der Waals surface area contributed by atoms with E-state index in [9.17, 15) is 4.79 Å². The molecule has 1 fully saturated rings. The largest absolute Gasteiger partial charge is 0.294 e. The highest BCUT2D eigenvalue weighted by Crippen LogP contribution is 2.69. The standard InChI is InChI=1S/C17H19NO/c1-16(2)15(17(16,3)4)14(19)12-7-8-13-11(10-12)6-5-9-18-13/h5-10,15H,1-4H3. The van der Waals surface area contributed by atoms with Crippen LogP contribution in [0.2, 0.25) is 0 Å². The Morgan fingerprint density at radius 2 is 1.79 bits per heavy atom. The highest BCUT2D eigenvalue weighted by atomic mass is 16.1. The van der Waals surface area contributed by atoms with Crippen LogP contribution in [-0.4, -0.2) is 10.8 Å². The van der Waals surface area contributed by atoms with E-state index < -0.39 is 0 Å². The van der Waals surface area contributed by atoms with E-state index in [1.807, 2.05) is 30.3 Å². The average Bonchev–Trinajstić information content (AvgIpc) is 2.78. The highest BCUT2D eigenvalue weighted by Gasteiger charge is 2.67. The van der Waals surface area contributed by atoms with Crippen LogP contribution in [0.4, 0.5) is 0 Å². The van der Waals surface area contributed by atoms with Gasteiger partial charge in [-0.2, -0.15) is 0 Å². The molecule has 2 heteroatoms. The highest BCUT2D eigenvalue weighted by molar-refractivity contribution is 6.03. The first-order valence-electron chi connectivity index (χ1n) is 6.75. The Labute approximate surface area is 113 Å². The Balaban J connectivity index is 2.00. The molecule has 3 rings (SSSR count). The average molecular weight is 253 g/mol. The molecule has 0 unspecified atom stereocenters. The summed E-state index contributed by atoms with van der Waals surface area (Å²) in [5.74, 6) is 0.384. The van der Waals surface area contributed by atoms with Crippen LogP contribution < -0.4 is 0 Å². The van der Waals surface area contributed by atoms with Gasteiger partial charge in [0.25, 0.3) is 0 Å². The second-order valence-corrected chi connectivity index (χ2v) is 6.65. The Morgan fingerprint density at radius 1 is 1.11 bits per heavy atom. The van der Waals surface area contributed by atoms with Gasteiger partial charge in [-0.15, -0.1) is 0 Å². The maximum atomic E-state index is 12.7. The molecule has 1 saturated carbocycles. The second kappa shape index (κ2) is 3.66. The van der Waals surface area contributed by atoms with Gasteiger partial charge >= 0.3 is 0 Å². The van der Waals surface area contributed by atoms with Gasteiger partial charge in [0.05, 0.1) is 5.52 Å². The van der Waals surface area contributed by atoms with Crippen LogP contribution >= 0.6 is 0 Å². The first-order chi connectivity index (χ1) is 8.85. The zero-order valence-corrected chi connectivity index (χ0v) is 11.9. The van der Waals surface area contributed by atoms with Crippen molar-refractivity contribution < 1.29 is 4.79 Å². The van der Waals surface area contributed by atoms with Crippen molar-refractivity contribution in [1.29, 1.82) is 0 Å². The Kier molecular flexibility index (Phi) is 2.38. The number of benzene rings is 1. The number of hydrogen-bond donors (Lipinski definition) is 0. The summed E-state index contributed by atoms with van der Waals surface area (Å²) >= 11 is 0. The van der Waals surface area contributed by atoms with Crippen molar-refractivity contribution >= 4 is 16.7 Å². The second-order valence-electron chi connectivity index (χ2n) is 6.65. The summed E-state index contributed by atoms with van der Waals surface area (Å²) in [6.07, 6.45) is 1.77. The van der Waals surface area contributed by atoms with E-state index in [-0.39, 0.29) is 22.5 Å². The summed E-state index contributed by atoms with van der Waals surface area (Å²) in [5, 5.41) is 1.03. The third-order valence-corrected chi connectivity index (χ3v) is 5.17. The van der Waals surface area contributed by atoms with Crippen LogP contribution in [0.3, 0.4) is 0 Å². The molecule has 2 aromatic rings. The van der Waals surface area contributed by atoms with Gasteiger partial charge in [-0.1, -0.05) is 33.8 Å². The van der Waals surface area contributed by atoms with E-state index in [4.69, 9.17) is 0 Å². The molecule has 1 aliphatic rings. The van der Waals surface area contributed by atoms with Crippen LogP contribution in [0.25, 0.3) is 10.9 Å². The van der Waals surface area contributed by atoms with Crippen LogP contribution in [0.15, 0.2) is 36.5 Å². The summed E-state index contributed by atoms with van der Waals surface area (Å²) in [5.41, 5.74) is 1.93. The molecule has 2 nitrogen and oxygen atoms in total. The predicted molar refractivity (Wildman–Crippen MR) is 77.1 cm³/mol. The SMILES string of the molecule is CC1(C)C(C(=O)c2ccc3ncccc3c2)C1(C)C. The van der Waals surface area contributed by atoms with E-state index in [1.54, 1.807) is 6.20 Å². The smallest absolute Gasteiger partial charge is 0.167 e. The van der Waals surface area contributed by atoms with Gasteiger partial charge in [0.2, 0.25) is 0 Å². The lowest BCUT2D eigenvalue weighted by molar-refractivity contribution is 0.0945. The van der Waals surface area contributed by atoms with Gasteiger partial charge < -0.3 is 0 Å². The third-order valence-electron chi connectivity index (χ3n) is 5.17. The molecule has 0 bridgehead atoms. The van der Waals surface area contributed by atoms with Crippen LogP contribution in [0.5, 0.6) is 0 Å². The fourth-order valence-corrected chi connectivity index (χ4v) is 3.25. The molecule has 0 amide bonds. The maximum absolute atomic E-state index is 12.7. The number of ketones is 1. The molecular formula is C17H19NO. The third kappa shape index (κ3) is 1.62. The minimum absolute atomic E-state index is 0.0912. The summed E-state index contributed by atoms with van der Waals surface area (Å²) in [4.78, 5) is 16.9. The lowest BCUT2D eigenvalue weighted by Gasteiger charge is -2.04. The molecule has 1 aromatic carbocycles. The molecule has 0 saturated heterocycles. The molecule has 19 heavy (non-hydrogen) atoms. The van der Waals surface area contributed by atoms with Crippen molar-refractivity contribution in [2.24, 2.45) is 16.7 Å². The Hall–Kier alpha value is -1.70. The Morgan fingerprint density at radius 3 is 2.42 bits per heavy atom. The van der Waals surface area contributed by atoms with E-state index in [1.165, 1.54) is 0 Å². The zero-order chi connectivity index (χ0) is 13.8. The lowest BCUT2D eigenvalue weighted by Crippen LogP contribution is -2.07. The molecule has 0 N–H and O–H groups in total. The van der Waals surface area contributed by atoms with Crippen molar-refractivity contribution in [3.8, 4) is 0 Å². The number of rotatable bonds is 2. The minimum Gasteiger partial charge on any atom is -0.294 e. The number of Topliss-reactive ketones (excluding diaryl/α,β-unsaturated/α-hetero) is 1. The zero-order valence-electron chi connectivity index (χ0n) is 11.9. The van der Waals surface area contributed by atoms with Crippen molar-refractivity contribution in [2.45, 2.75) is 27.7 Å². The summed E-state index contributed by atoms with van der Waals surface area (Å²) in [6, 6.07) is 9.71. The monoisotopic (exact) mass is 253 g/mol. The minimum atomic E-state index is 0.0912. The van der Waals surface area contributed by atoms with E-state index in [0.29, 0.717) is 0 Å². The van der Waals surface area contributed by atoms with Crippen LogP contribution in [0, 0.1) is 16.7 Å². The molecule has 1 aliphatic carbocycles. The van der Waals surface area contributed by atoms with Crippen LogP contribution in [-0.2, 0) is 0 Å². The van der Waals surface area contributed by atoms with E-state index in [2.05, 4.69) is 32.7 Å². The van der Waals surface area contributed by atoms with Gasteiger partial charge in [0.15, 0.2) is 5.78 Å². The fraction of sp³-hybridized carbons (Fsp3) is 0.412. The van der Waals surface area contributed by atoms with E-state index in [0.717, 1.165) is 16.5 Å². The number of pyridine rings is 1. The van der Waals surface area contributed by atoms with Gasteiger partial charge in [0, 0.05) is 23.1 Å². The van der Waals surface area contributed by atoms with Gasteiger partial charge in [0.1, 0.15) is 0 Å².